The van der Waals surface area contributed by atoms with Crippen LogP contribution in [-0.4, -0.2) is 24.4 Å². The van der Waals surface area contributed by atoms with E-state index in [0.717, 1.165) is 12.0 Å². The molecule has 1 atom stereocenters. The summed E-state index contributed by atoms with van der Waals surface area (Å²) in [7, 11) is 0. The second kappa shape index (κ2) is 9.77. The molecular formula is C20H28N2O2. The van der Waals surface area contributed by atoms with Gasteiger partial charge in [-0.2, -0.15) is 0 Å². The van der Waals surface area contributed by atoms with E-state index in [9.17, 15) is 9.59 Å². The molecule has 0 aliphatic heterocycles. The lowest BCUT2D eigenvalue weighted by molar-refractivity contribution is -0.123. The van der Waals surface area contributed by atoms with Gasteiger partial charge in [-0.25, -0.2) is 0 Å². The van der Waals surface area contributed by atoms with Crippen LogP contribution in [0.5, 0.6) is 0 Å². The summed E-state index contributed by atoms with van der Waals surface area (Å²) in [6, 6.07) is 8.14. The highest BCUT2D eigenvalue weighted by molar-refractivity contribution is 5.78. The van der Waals surface area contributed by atoms with E-state index < -0.39 is 0 Å². The monoisotopic (exact) mass is 328 g/mol. The van der Waals surface area contributed by atoms with E-state index in [-0.39, 0.29) is 23.8 Å². The standard InChI is InChI=1S/C20H28N2O2/c1-14(2)19(22-16(5)23)13-18-10-8-17(9-11-18)7-6-12-21-20(24)15(3)4/h8-11,14-15,19H,12-13H2,1-5H3,(H,21,24)(H,22,23)/t19-/m0/s1. The summed E-state index contributed by atoms with van der Waals surface area (Å²) >= 11 is 0. The first-order valence-corrected chi connectivity index (χ1v) is 8.42. The molecular weight excluding hydrogens is 300 g/mol. The maximum atomic E-state index is 11.4. The zero-order valence-electron chi connectivity index (χ0n) is 15.3. The summed E-state index contributed by atoms with van der Waals surface area (Å²) in [6.07, 6.45) is 0.801. The number of benzene rings is 1. The van der Waals surface area contributed by atoms with Crippen LogP contribution in [0.3, 0.4) is 0 Å². The highest BCUT2D eigenvalue weighted by Gasteiger charge is 2.14. The predicted molar refractivity (Wildman–Crippen MR) is 97.3 cm³/mol. The lowest BCUT2D eigenvalue weighted by Crippen LogP contribution is -2.38. The molecule has 0 unspecified atom stereocenters. The second-order valence-corrected chi connectivity index (χ2v) is 6.63. The molecule has 0 aliphatic carbocycles. The first kappa shape index (κ1) is 19.8. The fraction of sp³-hybridized carbons (Fsp3) is 0.500. The number of hydrogen-bond acceptors (Lipinski definition) is 2. The van der Waals surface area contributed by atoms with Gasteiger partial charge in [0, 0.05) is 24.4 Å². The summed E-state index contributed by atoms with van der Waals surface area (Å²) in [5.41, 5.74) is 2.08. The molecule has 130 valence electrons. The summed E-state index contributed by atoms with van der Waals surface area (Å²) in [5, 5.41) is 5.76. The lowest BCUT2D eigenvalue weighted by atomic mass is 9.96. The Kier molecular flexibility index (Phi) is 8.05. The van der Waals surface area contributed by atoms with E-state index in [1.54, 1.807) is 6.92 Å². The minimum Gasteiger partial charge on any atom is -0.353 e. The molecule has 0 aromatic heterocycles. The Morgan fingerprint density at radius 3 is 2.21 bits per heavy atom. The third kappa shape index (κ3) is 7.32. The molecule has 0 saturated carbocycles. The van der Waals surface area contributed by atoms with Crippen molar-refractivity contribution >= 4 is 11.8 Å². The van der Waals surface area contributed by atoms with Crippen LogP contribution in [0.25, 0.3) is 0 Å². The fourth-order valence-electron chi connectivity index (χ4n) is 2.17. The molecule has 0 spiro atoms. The molecule has 24 heavy (non-hydrogen) atoms. The Morgan fingerprint density at radius 2 is 1.71 bits per heavy atom. The third-order valence-electron chi connectivity index (χ3n) is 3.71. The largest absolute Gasteiger partial charge is 0.353 e. The van der Waals surface area contributed by atoms with E-state index in [2.05, 4.69) is 36.3 Å². The number of hydrogen-bond donors (Lipinski definition) is 2. The van der Waals surface area contributed by atoms with E-state index in [1.807, 2.05) is 38.1 Å². The minimum absolute atomic E-state index is 0.000341. The van der Waals surface area contributed by atoms with E-state index in [0.29, 0.717) is 12.5 Å². The predicted octanol–water partition coefficient (Wildman–Crippen LogP) is 2.51. The van der Waals surface area contributed by atoms with E-state index >= 15 is 0 Å². The van der Waals surface area contributed by atoms with Gasteiger partial charge in [0.2, 0.25) is 11.8 Å². The van der Waals surface area contributed by atoms with Gasteiger partial charge in [-0.15, -0.1) is 0 Å². The molecule has 0 saturated heterocycles. The second-order valence-electron chi connectivity index (χ2n) is 6.63. The van der Waals surface area contributed by atoms with Crippen LogP contribution in [-0.2, 0) is 16.0 Å². The van der Waals surface area contributed by atoms with Gasteiger partial charge in [0.25, 0.3) is 0 Å². The molecule has 0 bridgehead atoms. The Morgan fingerprint density at radius 1 is 1.08 bits per heavy atom. The molecule has 1 aromatic rings. The highest BCUT2D eigenvalue weighted by atomic mass is 16.2. The summed E-state index contributed by atoms with van der Waals surface area (Å²) < 4.78 is 0. The van der Waals surface area contributed by atoms with E-state index in [4.69, 9.17) is 0 Å². The minimum atomic E-state index is -0.0244. The maximum Gasteiger partial charge on any atom is 0.223 e. The number of carbonyl (C=O) groups excluding carboxylic acids is 2. The van der Waals surface area contributed by atoms with Gasteiger partial charge in [-0.1, -0.05) is 51.7 Å². The lowest BCUT2D eigenvalue weighted by Gasteiger charge is -2.21. The van der Waals surface area contributed by atoms with Gasteiger partial charge >= 0.3 is 0 Å². The van der Waals surface area contributed by atoms with Crippen LogP contribution >= 0.6 is 0 Å². The number of carbonyl (C=O) groups is 2. The van der Waals surface area contributed by atoms with Gasteiger partial charge in [-0.3, -0.25) is 9.59 Å². The molecule has 2 N–H and O–H groups in total. The van der Waals surface area contributed by atoms with Crippen molar-refractivity contribution in [2.45, 2.75) is 47.1 Å². The van der Waals surface area contributed by atoms with Crippen LogP contribution in [0, 0.1) is 23.7 Å². The first-order chi connectivity index (χ1) is 11.3. The summed E-state index contributed by atoms with van der Waals surface area (Å²) in [4.78, 5) is 22.7. The first-order valence-electron chi connectivity index (χ1n) is 8.42. The molecule has 0 fully saturated rings. The van der Waals surface area contributed by atoms with Crippen molar-refractivity contribution in [3.8, 4) is 11.8 Å². The van der Waals surface area contributed by atoms with Crippen molar-refractivity contribution in [2.75, 3.05) is 6.54 Å². The normalized spacial score (nSPS) is 11.6. The van der Waals surface area contributed by atoms with Crippen LogP contribution in [0.4, 0.5) is 0 Å². The van der Waals surface area contributed by atoms with Crippen molar-refractivity contribution in [1.82, 2.24) is 10.6 Å². The van der Waals surface area contributed by atoms with Crippen LogP contribution in [0.1, 0.15) is 45.7 Å². The third-order valence-corrected chi connectivity index (χ3v) is 3.71. The van der Waals surface area contributed by atoms with Gasteiger partial charge in [0.1, 0.15) is 0 Å². The van der Waals surface area contributed by atoms with Gasteiger partial charge in [0.05, 0.1) is 6.54 Å². The Balaban J connectivity index is 2.59. The Hall–Kier alpha value is -2.28. The molecule has 2 amide bonds. The topological polar surface area (TPSA) is 58.2 Å². The molecule has 4 heteroatoms. The zero-order valence-corrected chi connectivity index (χ0v) is 15.3. The van der Waals surface area contributed by atoms with Crippen LogP contribution < -0.4 is 10.6 Å². The molecule has 0 radical (unpaired) electrons. The number of rotatable bonds is 6. The average molecular weight is 328 g/mol. The van der Waals surface area contributed by atoms with Crippen molar-refractivity contribution in [1.29, 1.82) is 0 Å². The van der Waals surface area contributed by atoms with Gasteiger partial charge in [-0.05, 0) is 30.0 Å². The van der Waals surface area contributed by atoms with Gasteiger partial charge in [0.15, 0.2) is 0 Å². The van der Waals surface area contributed by atoms with Crippen LogP contribution in [0.15, 0.2) is 24.3 Å². The summed E-state index contributed by atoms with van der Waals surface area (Å²) in [5.74, 6) is 6.35. The smallest absolute Gasteiger partial charge is 0.223 e. The number of amides is 2. The van der Waals surface area contributed by atoms with Crippen molar-refractivity contribution < 1.29 is 9.59 Å². The molecule has 0 aliphatic rings. The molecule has 1 aromatic carbocycles. The van der Waals surface area contributed by atoms with Crippen molar-refractivity contribution in [3.05, 3.63) is 35.4 Å². The quantitative estimate of drug-likeness (QED) is 0.788. The average Bonchev–Trinajstić information content (AvgIpc) is 2.51. The van der Waals surface area contributed by atoms with Crippen LogP contribution in [0.2, 0.25) is 0 Å². The molecule has 4 nitrogen and oxygen atoms in total. The van der Waals surface area contributed by atoms with Crippen molar-refractivity contribution in [2.24, 2.45) is 11.8 Å². The van der Waals surface area contributed by atoms with E-state index in [1.165, 1.54) is 5.56 Å². The fourth-order valence-corrected chi connectivity index (χ4v) is 2.17. The Bertz CT molecular complexity index is 607. The maximum absolute atomic E-state index is 11.4. The molecule has 1 rings (SSSR count). The van der Waals surface area contributed by atoms with Crippen molar-refractivity contribution in [3.63, 3.8) is 0 Å². The Labute approximate surface area is 145 Å². The molecule has 0 heterocycles. The SMILES string of the molecule is CC(=O)N[C@@H](Cc1ccc(C#CCNC(=O)C(C)C)cc1)C(C)C. The summed E-state index contributed by atoms with van der Waals surface area (Å²) in [6.45, 7) is 9.82. The highest BCUT2D eigenvalue weighted by Crippen LogP contribution is 2.11. The number of nitrogens with one attached hydrogen (secondary N) is 2. The van der Waals surface area contributed by atoms with Gasteiger partial charge < -0.3 is 10.6 Å². The zero-order chi connectivity index (χ0) is 18.1.